The molecule has 0 spiro atoms. The average molecular weight is 1410 g/mol. The Bertz CT molecular complexity index is 2430. The van der Waals surface area contributed by atoms with Crippen molar-refractivity contribution in [3.63, 3.8) is 0 Å². The van der Waals surface area contributed by atoms with Gasteiger partial charge in [-0.05, 0) is 116 Å². The number of ether oxygens (including phenoxy) is 4. The van der Waals surface area contributed by atoms with Crippen molar-refractivity contribution in [1.29, 1.82) is 0 Å². The van der Waals surface area contributed by atoms with E-state index in [9.17, 15) is 43.2 Å². The van der Waals surface area contributed by atoms with Gasteiger partial charge in [-0.1, -0.05) is 276 Å². The first-order valence-corrected chi connectivity index (χ1v) is 40.1. The SMILES string of the molecule is CC/C=C\C/C=C\C/C=C\C/C=C\C/C=C\C/C=C\CCC(=O)OCC(COP(=O)(O)OCC(O)COP(=O)(O)OCC(COC(=O)C/C=C\C/C=C\C/C=C\C/C=C\C/C=C\CC)OC(=O)CCCCCCCCCCCCC)OC(=O)CCCCCCC/C=C\CCCCCC. The highest BCUT2D eigenvalue weighted by atomic mass is 31.2. The standard InChI is InChI=1S/C79H130O17P2/c1-5-9-13-17-21-25-29-32-34-35-36-37-39-42-45-48-52-56-60-64-77(82)90-70-75(96-79(84)66-62-58-54-50-46-40-31-27-23-19-15-11-7-3)72-94-98(87,88)92-68-73(80)67-91-97(85,86)93-71-74(95-78(83)65-61-57-53-49-43-28-24-20-16-12-8-4)69-89-76(81)63-59-55-51-47-44-41-38-33-30-26-22-18-14-10-6-2/h9-10,13-14,21-22,25-27,31-34,36-38,42,44-45,47,52,55-56,59,73-75,80H,5-8,11-12,15-20,23-24,28-30,35,39-41,43,46,48-51,53-54,57-58,60-72H2,1-4H3,(H,85,86)(H,87,88)/b13-9-,14-10-,25-21-,26-22-,31-27-,34-32-,37-36-,38-33-,45-42-,47-44-,56-52-,59-55-. The van der Waals surface area contributed by atoms with E-state index in [1.807, 2.05) is 36.5 Å². The summed E-state index contributed by atoms with van der Waals surface area (Å²) in [4.78, 5) is 72.6. The van der Waals surface area contributed by atoms with Crippen molar-refractivity contribution < 1.29 is 80.2 Å². The van der Waals surface area contributed by atoms with Gasteiger partial charge in [0, 0.05) is 19.3 Å². The normalized spacial score (nSPS) is 14.8. The molecule has 0 aliphatic rings. The van der Waals surface area contributed by atoms with Gasteiger partial charge >= 0.3 is 39.5 Å². The number of phosphoric ester groups is 2. The first kappa shape index (κ1) is 92.9. The molecule has 0 aromatic carbocycles. The summed E-state index contributed by atoms with van der Waals surface area (Å²) in [6, 6.07) is 0. The van der Waals surface area contributed by atoms with Crippen molar-refractivity contribution in [3.8, 4) is 0 Å². The maximum absolute atomic E-state index is 13.1. The molecule has 17 nitrogen and oxygen atoms in total. The molecule has 558 valence electrons. The van der Waals surface area contributed by atoms with Gasteiger partial charge in [-0.25, -0.2) is 9.13 Å². The molecule has 0 radical (unpaired) electrons. The molecular formula is C79H130O17P2. The zero-order valence-electron chi connectivity index (χ0n) is 60.7. The Balaban J connectivity index is 5.45. The molecule has 98 heavy (non-hydrogen) atoms. The molecule has 0 heterocycles. The number of rotatable bonds is 68. The number of aliphatic hydroxyl groups excluding tert-OH is 1. The summed E-state index contributed by atoms with van der Waals surface area (Å²) in [7, 11) is -9.99. The van der Waals surface area contributed by atoms with E-state index in [2.05, 4.69) is 131 Å². The molecule has 19 heteroatoms. The van der Waals surface area contributed by atoms with Crippen LogP contribution in [0.15, 0.2) is 146 Å². The van der Waals surface area contributed by atoms with Gasteiger partial charge in [-0.3, -0.25) is 37.3 Å². The Labute approximate surface area is 592 Å². The fraction of sp³-hybridized carbons (Fsp3) is 0.646. The van der Waals surface area contributed by atoms with Crippen LogP contribution in [0.4, 0.5) is 0 Å². The van der Waals surface area contributed by atoms with E-state index in [-0.39, 0.29) is 25.7 Å². The molecular weight excluding hydrogens is 1280 g/mol. The van der Waals surface area contributed by atoms with E-state index >= 15 is 0 Å². The summed E-state index contributed by atoms with van der Waals surface area (Å²) in [5.74, 6) is -2.44. The molecule has 3 N–H and O–H groups in total. The first-order chi connectivity index (χ1) is 47.7. The van der Waals surface area contributed by atoms with Crippen LogP contribution in [0.25, 0.3) is 0 Å². The van der Waals surface area contributed by atoms with Crippen LogP contribution in [0.1, 0.15) is 272 Å². The molecule has 5 unspecified atom stereocenters. The largest absolute Gasteiger partial charge is 0.472 e. The smallest absolute Gasteiger partial charge is 0.462 e. The van der Waals surface area contributed by atoms with E-state index in [0.29, 0.717) is 32.1 Å². The zero-order valence-corrected chi connectivity index (χ0v) is 62.4. The summed E-state index contributed by atoms with van der Waals surface area (Å²) in [6.45, 7) is 4.38. The molecule has 0 saturated heterocycles. The quantitative estimate of drug-likeness (QED) is 0.0169. The number of unbranched alkanes of at least 4 members (excludes halogenated alkanes) is 19. The Morgan fingerprint density at radius 1 is 0.306 bits per heavy atom. The molecule has 0 aliphatic heterocycles. The molecule has 0 rings (SSSR count). The van der Waals surface area contributed by atoms with E-state index in [1.54, 1.807) is 6.08 Å². The lowest BCUT2D eigenvalue weighted by atomic mass is 10.1. The second-order valence-corrected chi connectivity index (χ2v) is 27.0. The summed E-state index contributed by atoms with van der Waals surface area (Å²) in [6.07, 6.45) is 79.0. The van der Waals surface area contributed by atoms with Gasteiger partial charge in [0.15, 0.2) is 12.2 Å². The molecule has 0 aliphatic carbocycles. The monoisotopic (exact) mass is 1410 g/mol. The summed E-state index contributed by atoms with van der Waals surface area (Å²) < 4.78 is 68.1. The predicted molar refractivity (Wildman–Crippen MR) is 399 cm³/mol. The van der Waals surface area contributed by atoms with Gasteiger partial charge in [0.2, 0.25) is 0 Å². The summed E-state index contributed by atoms with van der Waals surface area (Å²) in [5, 5.41) is 10.6. The molecule has 0 saturated carbocycles. The lowest BCUT2D eigenvalue weighted by molar-refractivity contribution is -0.161. The maximum Gasteiger partial charge on any atom is 0.472 e. The fourth-order valence-electron chi connectivity index (χ4n) is 9.25. The van der Waals surface area contributed by atoms with Crippen molar-refractivity contribution in [2.24, 2.45) is 0 Å². The Morgan fingerprint density at radius 2 is 0.592 bits per heavy atom. The Hall–Kier alpha value is -5.06. The van der Waals surface area contributed by atoms with Gasteiger partial charge in [0.25, 0.3) is 0 Å². The molecule has 5 atom stereocenters. The highest BCUT2D eigenvalue weighted by Crippen LogP contribution is 2.45. The van der Waals surface area contributed by atoms with Crippen LogP contribution in [0, 0.1) is 0 Å². The lowest BCUT2D eigenvalue weighted by Gasteiger charge is -2.21. The third-order valence-electron chi connectivity index (χ3n) is 14.8. The van der Waals surface area contributed by atoms with Gasteiger partial charge in [0.1, 0.15) is 19.3 Å². The number of aliphatic hydroxyl groups is 1. The third-order valence-corrected chi connectivity index (χ3v) is 16.7. The zero-order chi connectivity index (χ0) is 71.8. The molecule has 0 bridgehead atoms. The van der Waals surface area contributed by atoms with E-state index < -0.39 is 97.5 Å². The Morgan fingerprint density at radius 3 is 0.959 bits per heavy atom. The number of hydrogen-bond donors (Lipinski definition) is 3. The molecule has 0 aromatic rings. The second kappa shape index (κ2) is 70.4. The number of hydrogen-bond acceptors (Lipinski definition) is 15. The lowest BCUT2D eigenvalue weighted by Crippen LogP contribution is -2.30. The van der Waals surface area contributed by atoms with Gasteiger partial charge in [0.05, 0.1) is 32.8 Å². The predicted octanol–water partition coefficient (Wildman–Crippen LogP) is 21.1. The first-order valence-electron chi connectivity index (χ1n) is 37.1. The van der Waals surface area contributed by atoms with Crippen LogP contribution in [0.5, 0.6) is 0 Å². The van der Waals surface area contributed by atoms with E-state index in [0.717, 1.165) is 122 Å². The number of carbonyl (C=O) groups is 4. The molecule has 0 aromatic heterocycles. The van der Waals surface area contributed by atoms with Crippen LogP contribution in [0.2, 0.25) is 0 Å². The fourth-order valence-corrected chi connectivity index (χ4v) is 10.8. The number of carbonyl (C=O) groups excluding carboxylic acids is 4. The van der Waals surface area contributed by atoms with Crippen LogP contribution in [-0.4, -0.2) is 96.7 Å². The summed E-state index contributed by atoms with van der Waals surface area (Å²) >= 11 is 0. The number of esters is 4. The maximum atomic E-state index is 13.1. The van der Waals surface area contributed by atoms with E-state index in [1.165, 1.54) is 64.2 Å². The third kappa shape index (κ3) is 69.4. The topological polar surface area (TPSA) is 237 Å². The van der Waals surface area contributed by atoms with Crippen molar-refractivity contribution in [2.45, 2.75) is 290 Å². The van der Waals surface area contributed by atoms with Crippen molar-refractivity contribution in [1.82, 2.24) is 0 Å². The number of phosphoric acid groups is 2. The van der Waals surface area contributed by atoms with Crippen LogP contribution in [-0.2, 0) is 65.4 Å². The highest BCUT2D eigenvalue weighted by molar-refractivity contribution is 7.47. The molecule has 0 amide bonds. The highest BCUT2D eigenvalue weighted by Gasteiger charge is 2.30. The van der Waals surface area contributed by atoms with Crippen LogP contribution >= 0.6 is 15.6 Å². The van der Waals surface area contributed by atoms with Gasteiger partial charge < -0.3 is 33.8 Å². The van der Waals surface area contributed by atoms with Gasteiger partial charge in [-0.15, -0.1) is 0 Å². The van der Waals surface area contributed by atoms with Gasteiger partial charge in [-0.2, -0.15) is 0 Å². The van der Waals surface area contributed by atoms with Crippen LogP contribution in [0.3, 0.4) is 0 Å². The minimum atomic E-state index is -5.00. The van der Waals surface area contributed by atoms with Crippen LogP contribution < -0.4 is 0 Å². The van der Waals surface area contributed by atoms with E-state index in [4.69, 9.17) is 37.0 Å². The Kier molecular flexibility index (Phi) is 66.7. The van der Waals surface area contributed by atoms with Crippen molar-refractivity contribution in [3.05, 3.63) is 146 Å². The molecule has 0 fully saturated rings. The van der Waals surface area contributed by atoms with Crippen molar-refractivity contribution >= 4 is 39.5 Å². The minimum absolute atomic E-state index is 0.0295. The average Bonchev–Trinajstić information content (AvgIpc) is 0.972. The number of allylic oxidation sites excluding steroid dienone is 23. The second-order valence-electron chi connectivity index (χ2n) is 24.1. The minimum Gasteiger partial charge on any atom is -0.462 e. The van der Waals surface area contributed by atoms with Crippen molar-refractivity contribution in [2.75, 3.05) is 39.6 Å². The summed E-state index contributed by atoms with van der Waals surface area (Å²) in [5.41, 5.74) is 0.